The number of anilines is 2. The summed E-state index contributed by atoms with van der Waals surface area (Å²) in [7, 11) is 0. The number of aryl methyl sites for hydroxylation is 1. The number of nitrogens with zero attached hydrogens (tertiary/aromatic N) is 3. The number of amides is 1. The number of nitriles is 2. The molecular weight excluding hydrogens is 310 g/mol. The van der Waals surface area contributed by atoms with Gasteiger partial charge < -0.3 is 11.1 Å². The van der Waals surface area contributed by atoms with Crippen LogP contribution in [0.15, 0.2) is 30.3 Å². The second-order valence-corrected chi connectivity index (χ2v) is 5.62. The molecule has 1 aromatic heterocycles. The molecule has 0 aliphatic carbocycles. The molecule has 1 heterocycles. The number of carbonyl (C=O) groups excluding carboxylic acids is 1. The van der Waals surface area contributed by atoms with Crippen LogP contribution in [0.4, 0.5) is 16.2 Å². The maximum Gasteiger partial charge on any atom is 0.283 e. The van der Waals surface area contributed by atoms with Crippen molar-refractivity contribution in [3.63, 3.8) is 0 Å². The predicted octanol–water partition coefficient (Wildman–Crippen LogP) is 3.18. The SMILES string of the molecule is Cc1nc(C#N)c(CSC(=O)Nc2ccc(C#N)cc2)cc1N. The highest BCUT2D eigenvalue weighted by molar-refractivity contribution is 8.13. The van der Waals surface area contributed by atoms with Gasteiger partial charge in [0.15, 0.2) is 0 Å². The van der Waals surface area contributed by atoms with E-state index in [-0.39, 0.29) is 10.9 Å². The lowest BCUT2D eigenvalue weighted by Crippen LogP contribution is -2.06. The van der Waals surface area contributed by atoms with Gasteiger partial charge in [0.1, 0.15) is 11.8 Å². The number of rotatable bonds is 3. The van der Waals surface area contributed by atoms with Crippen LogP contribution >= 0.6 is 11.8 Å². The number of nitrogens with one attached hydrogen (secondary N) is 1. The van der Waals surface area contributed by atoms with Crippen molar-refractivity contribution in [2.24, 2.45) is 0 Å². The topological polar surface area (TPSA) is 116 Å². The van der Waals surface area contributed by atoms with Gasteiger partial charge in [0, 0.05) is 17.0 Å². The Kier molecular flexibility index (Phi) is 5.19. The van der Waals surface area contributed by atoms with E-state index in [4.69, 9.17) is 16.3 Å². The molecule has 0 radical (unpaired) electrons. The summed E-state index contributed by atoms with van der Waals surface area (Å²) in [6, 6.07) is 12.2. The van der Waals surface area contributed by atoms with E-state index >= 15 is 0 Å². The zero-order valence-electron chi connectivity index (χ0n) is 12.3. The number of nitrogen functional groups attached to an aromatic ring is 1. The van der Waals surface area contributed by atoms with Gasteiger partial charge in [-0.15, -0.1) is 0 Å². The summed E-state index contributed by atoms with van der Waals surface area (Å²) in [4.78, 5) is 16.1. The third-order valence-electron chi connectivity index (χ3n) is 3.06. The maximum absolute atomic E-state index is 11.9. The first-order valence-electron chi connectivity index (χ1n) is 6.63. The Morgan fingerprint density at radius 1 is 1.30 bits per heavy atom. The Labute approximate surface area is 137 Å². The average molecular weight is 323 g/mol. The lowest BCUT2D eigenvalue weighted by Gasteiger charge is -2.07. The molecule has 0 fully saturated rings. The van der Waals surface area contributed by atoms with Crippen LogP contribution in [-0.2, 0) is 5.75 Å². The molecule has 7 heteroatoms. The fraction of sp³-hybridized carbons (Fsp3) is 0.125. The van der Waals surface area contributed by atoms with Crippen LogP contribution < -0.4 is 11.1 Å². The van der Waals surface area contributed by atoms with E-state index in [1.165, 1.54) is 0 Å². The van der Waals surface area contributed by atoms with E-state index in [0.717, 1.165) is 11.8 Å². The summed E-state index contributed by atoms with van der Waals surface area (Å²) in [5.74, 6) is 0.294. The van der Waals surface area contributed by atoms with Gasteiger partial charge in [-0.25, -0.2) is 4.98 Å². The summed E-state index contributed by atoms with van der Waals surface area (Å²) in [5, 5.41) is 20.3. The summed E-state index contributed by atoms with van der Waals surface area (Å²) < 4.78 is 0. The van der Waals surface area contributed by atoms with Gasteiger partial charge in [0.25, 0.3) is 5.24 Å². The molecule has 0 unspecified atom stereocenters. The zero-order chi connectivity index (χ0) is 16.8. The van der Waals surface area contributed by atoms with Crippen LogP contribution in [0, 0.1) is 29.6 Å². The van der Waals surface area contributed by atoms with Gasteiger partial charge in [-0.3, -0.25) is 4.79 Å². The number of aromatic nitrogens is 1. The minimum atomic E-state index is -0.266. The zero-order valence-corrected chi connectivity index (χ0v) is 13.1. The van der Waals surface area contributed by atoms with Crippen molar-refractivity contribution in [3.8, 4) is 12.1 Å². The first-order valence-corrected chi connectivity index (χ1v) is 7.62. The van der Waals surface area contributed by atoms with Crippen LogP contribution in [0.3, 0.4) is 0 Å². The second kappa shape index (κ2) is 7.30. The Balaban J connectivity index is 2.00. The van der Waals surface area contributed by atoms with Crippen LogP contribution in [0.2, 0.25) is 0 Å². The van der Waals surface area contributed by atoms with Crippen molar-refractivity contribution < 1.29 is 4.79 Å². The van der Waals surface area contributed by atoms with Gasteiger partial charge >= 0.3 is 0 Å². The Morgan fingerprint density at radius 2 is 2.00 bits per heavy atom. The third kappa shape index (κ3) is 4.22. The fourth-order valence-corrected chi connectivity index (χ4v) is 2.49. The molecule has 1 aromatic carbocycles. The van der Waals surface area contributed by atoms with Crippen LogP contribution in [-0.4, -0.2) is 10.2 Å². The normalized spacial score (nSPS) is 9.70. The molecule has 0 saturated carbocycles. The number of hydrogen-bond acceptors (Lipinski definition) is 6. The molecule has 0 aliphatic rings. The molecule has 23 heavy (non-hydrogen) atoms. The van der Waals surface area contributed by atoms with Crippen molar-refractivity contribution >= 4 is 28.4 Å². The van der Waals surface area contributed by atoms with E-state index in [1.54, 1.807) is 37.3 Å². The number of hydrogen-bond donors (Lipinski definition) is 2. The molecule has 114 valence electrons. The van der Waals surface area contributed by atoms with Gasteiger partial charge in [-0.2, -0.15) is 10.5 Å². The number of carbonyl (C=O) groups is 1. The van der Waals surface area contributed by atoms with Crippen LogP contribution in [0.5, 0.6) is 0 Å². The monoisotopic (exact) mass is 323 g/mol. The Morgan fingerprint density at radius 3 is 2.61 bits per heavy atom. The highest BCUT2D eigenvalue weighted by atomic mass is 32.2. The Bertz CT molecular complexity index is 818. The largest absolute Gasteiger partial charge is 0.397 e. The van der Waals surface area contributed by atoms with Crippen molar-refractivity contribution in [2.75, 3.05) is 11.1 Å². The molecule has 2 rings (SSSR count). The molecule has 0 bridgehead atoms. The van der Waals surface area contributed by atoms with E-state index in [0.29, 0.717) is 33.9 Å². The summed E-state index contributed by atoms with van der Waals surface area (Å²) in [5.41, 5.74) is 8.90. The van der Waals surface area contributed by atoms with Gasteiger partial charge in [0.2, 0.25) is 0 Å². The lowest BCUT2D eigenvalue weighted by molar-refractivity contribution is 0.269. The molecule has 6 nitrogen and oxygen atoms in total. The van der Waals surface area contributed by atoms with E-state index in [9.17, 15) is 4.79 Å². The summed E-state index contributed by atoms with van der Waals surface area (Å²) >= 11 is 1.02. The quantitative estimate of drug-likeness (QED) is 0.896. The number of nitrogens with two attached hydrogens (primary N) is 1. The summed E-state index contributed by atoms with van der Waals surface area (Å²) in [6.07, 6.45) is 0. The third-order valence-corrected chi connectivity index (χ3v) is 3.88. The average Bonchev–Trinajstić information content (AvgIpc) is 2.56. The molecule has 3 N–H and O–H groups in total. The van der Waals surface area contributed by atoms with Gasteiger partial charge in [0.05, 0.1) is 23.0 Å². The Hall–Kier alpha value is -3.03. The second-order valence-electron chi connectivity index (χ2n) is 4.67. The first kappa shape index (κ1) is 16.3. The first-order chi connectivity index (χ1) is 11.0. The minimum Gasteiger partial charge on any atom is -0.397 e. The van der Waals surface area contributed by atoms with Crippen molar-refractivity contribution in [1.82, 2.24) is 4.98 Å². The number of pyridine rings is 1. The van der Waals surface area contributed by atoms with Gasteiger partial charge in [-0.1, -0.05) is 11.8 Å². The fourth-order valence-electron chi connectivity index (χ4n) is 1.80. The van der Waals surface area contributed by atoms with Crippen molar-refractivity contribution in [2.45, 2.75) is 12.7 Å². The lowest BCUT2D eigenvalue weighted by atomic mass is 10.2. The molecule has 0 spiro atoms. The van der Waals surface area contributed by atoms with Crippen LogP contribution in [0.1, 0.15) is 22.5 Å². The smallest absolute Gasteiger partial charge is 0.283 e. The molecule has 0 atom stereocenters. The maximum atomic E-state index is 11.9. The molecule has 2 aromatic rings. The molecule has 0 aliphatic heterocycles. The predicted molar refractivity (Wildman–Crippen MR) is 89.6 cm³/mol. The summed E-state index contributed by atoms with van der Waals surface area (Å²) in [6.45, 7) is 1.73. The molecule has 1 amide bonds. The highest BCUT2D eigenvalue weighted by Crippen LogP contribution is 2.21. The van der Waals surface area contributed by atoms with Gasteiger partial charge in [-0.05, 0) is 37.3 Å². The molecular formula is C16H13N5OS. The van der Waals surface area contributed by atoms with E-state index in [1.807, 2.05) is 12.1 Å². The highest BCUT2D eigenvalue weighted by Gasteiger charge is 2.10. The van der Waals surface area contributed by atoms with E-state index < -0.39 is 0 Å². The van der Waals surface area contributed by atoms with E-state index in [2.05, 4.69) is 10.3 Å². The van der Waals surface area contributed by atoms with Crippen LogP contribution in [0.25, 0.3) is 0 Å². The minimum absolute atomic E-state index is 0.266. The molecule has 0 saturated heterocycles. The number of thioether (sulfide) groups is 1. The number of benzene rings is 1. The van der Waals surface area contributed by atoms with Crippen molar-refractivity contribution in [1.29, 1.82) is 10.5 Å². The standard InChI is InChI=1S/C16H13N5OS/c1-10-14(19)6-12(15(8-18)20-10)9-23-16(22)21-13-4-2-11(7-17)3-5-13/h2-6H,9,19H2,1H3,(H,21,22). The van der Waals surface area contributed by atoms with Crippen molar-refractivity contribution in [3.05, 3.63) is 52.8 Å².